The normalized spacial score (nSPS) is 26.4. The van der Waals surface area contributed by atoms with Crippen molar-refractivity contribution in [3.05, 3.63) is 69.4 Å². The first kappa shape index (κ1) is 26.6. The van der Waals surface area contributed by atoms with Gasteiger partial charge < -0.3 is 14.6 Å². The largest absolute Gasteiger partial charge is 0.373 e. The molecule has 7 heteroatoms. The van der Waals surface area contributed by atoms with Crippen LogP contribution in [0.3, 0.4) is 0 Å². The van der Waals surface area contributed by atoms with E-state index in [1.807, 2.05) is 24.3 Å². The predicted molar refractivity (Wildman–Crippen MR) is 158 cm³/mol. The van der Waals surface area contributed by atoms with E-state index in [0.717, 1.165) is 49.1 Å². The van der Waals surface area contributed by atoms with Gasteiger partial charge in [0.15, 0.2) is 0 Å². The van der Waals surface area contributed by atoms with Gasteiger partial charge in [0.05, 0.1) is 22.8 Å². The average Bonchev–Trinajstić information content (AvgIpc) is 3.72. The smallest absolute Gasteiger partial charge is 0.228 e. The first-order chi connectivity index (χ1) is 19.5. The molecule has 5 aliphatic carbocycles. The van der Waals surface area contributed by atoms with Crippen LogP contribution in [-0.4, -0.2) is 17.2 Å². The number of carbonyl (C=O) groups is 1. The minimum atomic E-state index is 0.0771. The van der Waals surface area contributed by atoms with E-state index >= 15 is 0 Å². The standard InChI is InChI=1S/C33H36Cl2N2O3/c34-27-10-5-11-28(35)30(27)31-26(32(40-37-31)20-12-13-20)18-39-25-16-22-14-23(17-25)29(22)33(38)36-24-9-4-8-21(15-24)19-6-2-1-3-7-19/h4-5,8-11,15,19-20,22-23,25,29H,1-3,6-7,12-14,16-18H2,(H,36,38). The lowest BCUT2D eigenvalue weighted by Crippen LogP contribution is -2.51. The Morgan fingerprint density at radius 3 is 2.38 bits per heavy atom. The number of hydrogen-bond acceptors (Lipinski definition) is 4. The molecule has 0 saturated heterocycles. The third kappa shape index (κ3) is 5.21. The van der Waals surface area contributed by atoms with Crippen molar-refractivity contribution >= 4 is 34.8 Å². The molecule has 5 saturated carbocycles. The van der Waals surface area contributed by atoms with Crippen LogP contribution in [0, 0.1) is 17.8 Å². The molecule has 40 heavy (non-hydrogen) atoms. The lowest BCUT2D eigenvalue weighted by atomic mass is 9.56. The van der Waals surface area contributed by atoms with Gasteiger partial charge in [-0.25, -0.2) is 0 Å². The molecule has 5 aliphatic rings. The number of rotatable bonds is 8. The monoisotopic (exact) mass is 578 g/mol. The average molecular weight is 580 g/mol. The van der Waals surface area contributed by atoms with Crippen molar-refractivity contribution in [2.75, 3.05) is 5.32 Å². The maximum atomic E-state index is 13.3. The molecule has 8 rings (SSSR count). The highest BCUT2D eigenvalue weighted by atomic mass is 35.5. The number of amides is 1. The molecule has 1 N–H and O–H groups in total. The van der Waals surface area contributed by atoms with E-state index in [9.17, 15) is 4.79 Å². The molecule has 1 aromatic heterocycles. The topological polar surface area (TPSA) is 64.4 Å². The first-order valence-corrected chi connectivity index (χ1v) is 15.8. The Kier molecular flexibility index (Phi) is 7.40. The van der Waals surface area contributed by atoms with Gasteiger partial charge in [0.2, 0.25) is 5.91 Å². The van der Waals surface area contributed by atoms with Crippen molar-refractivity contribution < 1.29 is 14.1 Å². The van der Waals surface area contributed by atoms with E-state index in [2.05, 4.69) is 28.7 Å². The summed E-state index contributed by atoms with van der Waals surface area (Å²) < 4.78 is 12.3. The van der Waals surface area contributed by atoms with Gasteiger partial charge in [-0.2, -0.15) is 0 Å². The molecule has 210 valence electrons. The summed E-state index contributed by atoms with van der Waals surface area (Å²) in [6.45, 7) is 0.418. The molecule has 2 unspecified atom stereocenters. The SMILES string of the molecule is O=C(Nc1cccc(C2CCCCC2)c1)C1C2CC(OCc3c(-c4c(Cl)cccc4Cl)noc3C3CC3)CC1C2. The Morgan fingerprint density at radius 1 is 0.925 bits per heavy atom. The Bertz CT molecular complexity index is 1360. The fourth-order valence-electron chi connectivity index (χ4n) is 7.47. The zero-order valence-electron chi connectivity index (χ0n) is 22.7. The molecule has 2 bridgehead atoms. The summed E-state index contributed by atoms with van der Waals surface area (Å²) in [6, 6.07) is 14.0. The molecule has 1 heterocycles. The third-order valence-electron chi connectivity index (χ3n) is 9.72. The van der Waals surface area contributed by atoms with Gasteiger partial charge in [0.25, 0.3) is 0 Å². The number of nitrogens with zero attached hydrogens (tertiary/aromatic N) is 1. The Balaban J connectivity index is 0.991. The Morgan fingerprint density at radius 2 is 1.65 bits per heavy atom. The van der Waals surface area contributed by atoms with Crippen LogP contribution in [0.5, 0.6) is 0 Å². The van der Waals surface area contributed by atoms with Crippen LogP contribution in [0.25, 0.3) is 11.3 Å². The van der Waals surface area contributed by atoms with E-state index in [4.69, 9.17) is 32.5 Å². The summed E-state index contributed by atoms with van der Waals surface area (Å²) in [5.74, 6) is 2.91. The molecule has 5 nitrogen and oxygen atoms in total. The van der Waals surface area contributed by atoms with Gasteiger partial charge in [0, 0.05) is 28.7 Å². The van der Waals surface area contributed by atoms with Crippen LogP contribution < -0.4 is 5.32 Å². The lowest BCUT2D eigenvalue weighted by molar-refractivity contribution is -0.142. The zero-order valence-corrected chi connectivity index (χ0v) is 24.2. The second-order valence-corrected chi connectivity index (χ2v) is 13.2. The second-order valence-electron chi connectivity index (χ2n) is 12.4. The molecule has 0 spiro atoms. The molecule has 2 atom stereocenters. The summed E-state index contributed by atoms with van der Waals surface area (Å²) in [6.07, 6.45) is 11.7. The fourth-order valence-corrected chi connectivity index (χ4v) is 8.05. The summed E-state index contributed by atoms with van der Waals surface area (Å²) >= 11 is 13.0. The number of anilines is 1. The molecule has 1 amide bonds. The maximum Gasteiger partial charge on any atom is 0.228 e. The zero-order chi connectivity index (χ0) is 27.2. The van der Waals surface area contributed by atoms with Crippen molar-refractivity contribution in [2.45, 2.75) is 88.8 Å². The predicted octanol–water partition coefficient (Wildman–Crippen LogP) is 9.14. The van der Waals surface area contributed by atoms with Crippen LogP contribution >= 0.6 is 23.2 Å². The molecule has 2 aromatic carbocycles. The van der Waals surface area contributed by atoms with Gasteiger partial charge >= 0.3 is 0 Å². The molecule has 0 aliphatic heterocycles. The van der Waals surface area contributed by atoms with Crippen molar-refractivity contribution in [3.63, 3.8) is 0 Å². The summed E-state index contributed by atoms with van der Waals surface area (Å²) in [4.78, 5) is 13.3. The van der Waals surface area contributed by atoms with Gasteiger partial charge in [-0.15, -0.1) is 0 Å². The van der Waals surface area contributed by atoms with Crippen LogP contribution in [-0.2, 0) is 16.1 Å². The van der Waals surface area contributed by atoms with Crippen LogP contribution in [0.1, 0.15) is 92.9 Å². The number of ether oxygens (including phenoxy) is 1. The number of hydrogen-bond donors (Lipinski definition) is 1. The van der Waals surface area contributed by atoms with Crippen molar-refractivity contribution in [1.82, 2.24) is 5.16 Å². The highest BCUT2D eigenvalue weighted by molar-refractivity contribution is 6.39. The Hall–Kier alpha value is -2.34. The number of fused-ring (bicyclic) bond motifs is 2. The van der Waals surface area contributed by atoms with Gasteiger partial charge in [0.1, 0.15) is 11.5 Å². The third-order valence-corrected chi connectivity index (χ3v) is 10.3. The first-order valence-electron chi connectivity index (χ1n) is 15.0. The summed E-state index contributed by atoms with van der Waals surface area (Å²) in [5.41, 5.74) is 4.67. The highest BCUT2D eigenvalue weighted by Gasteiger charge is 2.51. The maximum absolute atomic E-state index is 13.3. The molecule has 3 aromatic rings. The van der Waals surface area contributed by atoms with Gasteiger partial charge in [-0.1, -0.05) is 65.8 Å². The number of nitrogens with one attached hydrogen (secondary N) is 1. The van der Waals surface area contributed by atoms with Crippen LogP contribution in [0.2, 0.25) is 10.0 Å². The minimum Gasteiger partial charge on any atom is -0.373 e. The van der Waals surface area contributed by atoms with Crippen molar-refractivity contribution in [2.24, 2.45) is 17.8 Å². The Labute approximate surface area is 245 Å². The van der Waals surface area contributed by atoms with E-state index < -0.39 is 0 Å². The van der Waals surface area contributed by atoms with E-state index in [1.165, 1.54) is 37.7 Å². The molecule has 0 radical (unpaired) electrons. The van der Waals surface area contributed by atoms with Gasteiger partial charge in [-0.05, 0) is 92.5 Å². The fraction of sp³-hybridized carbons (Fsp3) is 0.515. The number of aromatic nitrogens is 1. The van der Waals surface area contributed by atoms with Crippen molar-refractivity contribution in [1.29, 1.82) is 0 Å². The van der Waals surface area contributed by atoms with Crippen molar-refractivity contribution in [3.8, 4) is 11.3 Å². The van der Waals surface area contributed by atoms with E-state index in [0.29, 0.717) is 51.6 Å². The van der Waals surface area contributed by atoms with E-state index in [-0.39, 0.29) is 17.9 Å². The molecular formula is C33H36Cl2N2O3. The minimum absolute atomic E-state index is 0.0771. The van der Waals surface area contributed by atoms with E-state index in [1.54, 1.807) is 0 Å². The van der Waals surface area contributed by atoms with Crippen LogP contribution in [0.4, 0.5) is 5.69 Å². The lowest BCUT2D eigenvalue weighted by Gasteiger charge is -2.51. The number of benzene rings is 2. The van der Waals surface area contributed by atoms with Crippen LogP contribution in [0.15, 0.2) is 47.0 Å². The quantitative estimate of drug-likeness (QED) is 0.289. The number of carbonyl (C=O) groups excluding carboxylic acids is 1. The highest BCUT2D eigenvalue weighted by Crippen LogP contribution is 2.52. The molecule has 5 fully saturated rings. The second kappa shape index (κ2) is 11.2. The molecular weight excluding hydrogens is 543 g/mol. The summed E-state index contributed by atoms with van der Waals surface area (Å²) in [5, 5.41) is 8.76. The summed E-state index contributed by atoms with van der Waals surface area (Å²) in [7, 11) is 0. The number of halogens is 2. The van der Waals surface area contributed by atoms with Gasteiger partial charge in [-0.3, -0.25) is 4.79 Å².